The smallest absolute Gasteiger partial charge is 0.168 e. The van der Waals surface area contributed by atoms with Crippen molar-refractivity contribution in [1.82, 2.24) is 14.5 Å². The fourth-order valence-corrected chi connectivity index (χ4v) is 6.04. The molecule has 2 aromatic heterocycles. The Hall–Kier alpha value is -2.30. The van der Waals surface area contributed by atoms with Crippen LogP contribution < -0.4 is 10.5 Å². The van der Waals surface area contributed by atoms with Gasteiger partial charge in [0.2, 0.25) is 0 Å². The average molecular weight is 569 g/mol. The van der Waals surface area contributed by atoms with Gasteiger partial charge in [0.15, 0.2) is 5.79 Å². The van der Waals surface area contributed by atoms with Crippen LogP contribution >= 0.6 is 0 Å². The third kappa shape index (κ3) is 7.70. The summed E-state index contributed by atoms with van der Waals surface area (Å²) in [4.78, 5) is 9.51. The van der Waals surface area contributed by atoms with Gasteiger partial charge in [-0.2, -0.15) is 0 Å². The SMILES string of the molecule is CCC1(CCCCC[C@H](N)c2ncc(-c3cc4ccc(C)nc4cc3OC)n2COCC[Si](C)(C)C)OCCO1. The first kappa shape index (κ1) is 30.7. The first-order chi connectivity index (χ1) is 19.1. The fraction of sp³-hybridized carbons (Fsp3) is 0.613. The zero-order valence-corrected chi connectivity index (χ0v) is 26.3. The van der Waals surface area contributed by atoms with Gasteiger partial charge in [-0.1, -0.05) is 45.5 Å². The number of aromatic nitrogens is 3. The molecule has 9 heteroatoms. The van der Waals surface area contributed by atoms with Gasteiger partial charge in [0.25, 0.3) is 0 Å². The van der Waals surface area contributed by atoms with E-state index in [9.17, 15) is 0 Å². The molecule has 40 heavy (non-hydrogen) atoms. The van der Waals surface area contributed by atoms with Crippen molar-refractivity contribution in [2.45, 2.75) is 96.6 Å². The number of fused-ring (bicyclic) bond motifs is 1. The number of imidazole rings is 1. The number of benzene rings is 1. The Kier molecular flexibility index (Phi) is 10.4. The van der Waals surface area contributed by atoms with Crippen molar-refractivity contribution in [1.29, 1.82) is 0 Å². The van der Waals surface area contributed by atoms with Crippen molar-refractivity contribution in [3.63, 3.8) is 0 Å². The van der Waals surface area contributed by atoms with Gasteiger partial charge in [0.05, 0.1) is 43.8 Å². The molecule has 0 radical (unpaired) electrons. The monoisotopic (exact) mass is 568 g/mol. The molecule has 2 N–H and O–H groups in total. The summed E-state index contributed by atoms with van der Waals surface area (Å²) in [5.41, 5.74) is 10.6. The molecule has 1 aromatic carbocycles. The van der Waals surface area contributed by atoms with Gasteiger partial charge < -0.3 is 29.2 Å². The minimum absolute atomic E-state index is 0.191. The van der Waals surface area contributed by atoms with Crippen LogP contribution in [0, 0.1) is 6.92 Å². The second-order valence-electron chi connectivity index (χ2n) is 12.1. The number of methoxy groups -OCH3 is 1. The van der Waals surface area contributed by atoms with Crippen molar-refractivity contribution in [2.75, 3.05) is 26.9 Å². The van der Waals surface area contributed by atoms with E-state index in [1.807, 2.05) is 25.3 Å². The number of pyridine rings is 1. The molecule has 1 saturated heterocycles. The Bertz CT molecular complexity index is 1250. The maximum Gasteiger partial charge on any atom is 0.168 e. The Labute approximate surface area is 240 Å². The van der Waals surface area contributed by atoms with E-state index in [4.69, 9.17) is 29.7 Å². The number of ether oxygens (including phenoxy) is 4. The maximum atomic E-state index is 6.77. The van der Waals surface area contributed by atoms with Crippen molar-refractivity contribution >= 4 is 19.0 Å². The van der Waals surface area contributed by atoms with Gasteiger partial charge in [-0.3, -0.25) is 4.98 Å². The number of aryl methyl sites for hydroxylation is 1. The second kappa shape index (κ2) is 13.6. The lowest BCUT2D eigenvalue weighted by atomic mass is 10.0. The highest BCUT2D eigenvalue weighted by Crippen LogP contribution is 2.36. The molecule has 220 valence electrons. The van der Waals surface area contributed by atoms with E-state index < -0.39 is 8.07 Å². The molecule has 0 unspecified atom stereocenters. The van der Waals surface area contributed by atoms with Gasteiger partial charge in [0, 0.05) is 43.8 Å². The number of nitrogens with two attached hydrogens (primary N) is 1. The summed E-state index contributed by atoms with van der Waals surface area (Å²) in [5.74, 6) is 1.23. The predicted molar refractivity (Wildman–Crippen MR) is 163 cm³/mol. The normalized spacial score (nSPS) is 16.1. The van der Waals surface area contributed by atoms with E-state index in [-0.39, 0.29) is 11.8 Å². The lowest BCUT2D eigenvalue weighted by Crippen LogP contribution is -2.28. The van der Waals surface area contributed by atoms with Crippen LogP contribution in [0.3, 0.4) is 0 Å². The van der Waals surface area contributed by atoms with Crippen LogP contribution in [-0.4, -0.2) is 55.3 Å². The van der Waals surface area contributed by atoms with Crippen LogP contribution in [0.1, 0.15) is 63.0 Å². The quantitative estimate of drug-likeness (QED) is 0.159. The van der Waals surface area contributed by atoms with Crippen LogP contribution in [0.25, 0.3) is 22.2 Å². The number of nitrogens with zero attached hydrogens (tertiary/aromatic N) is 3. The topological polar surface area (TPSA) is 93.7 Å². The van der Waals surface area contributed by atoms with Crippen LogP contribution in [-0.2, 0) is 20.9 Å². The highest BCUT2D eigenvalue weighted by Gasteiger charge is 2.33. The molecule has 1 atom stereocenters. The van der Waals surface area contributed by atoms with E-state index >= 15 is 0 Å². The van der Waals surface area contributed by atoms with Crippen LogP contribution in [0.2, 0.25) is 25.7 Å². The molecular weight excluding hydrogens is 520 g/mol. The minimum atomic E-state index is -1.21. The number of unbranched alkanes of at least 4 members (excludes halogenated alkanes) is 2. The number of hydrogen-bond donors (Lipinski definition) is 1. The fourth-order valence-electron chi connectivity index (χ4n) is 5.28. The zero-order valence-electron chi connectivity index (χ0n) is 25.3. The average Bonchev–Trinajstić information content (AvgIpc) is 3.57. The van der Waals surface area contributed by atoms with Crippen LogP contribution in [0.15, 0.2) is 30.5 Å². The Morgan fingerprint density at radius 1 is 1.12 bits per heavy atom. The highest BCUT2D eigenvalue weighted by molar-refractivity contribution is 6.76. The Morgan fingerprint density at radius 3 is 2.60 bits per heavy atom. The minimum Gasteiger partial charge on any atom is -0.496 e. The van der Waals surface area contributed by atoms with Gasteiger partial charge in [-0.25, -0.2) is 4.98 Å². The largest absolute Gasteiger partial charge is 0.496 e. The Morgan fingerprint density at radius 2 is 1.90 bits per heavy atom. The summed E-state index contributed by atoms with van der Waals surface area (Å²) in [6, 6.07) is 9.18. The van der Waals surface area contributed by atoms with Crippen molar-refractivity contribution in [3.8, 4) is 17.0 Å². The molecule has 1 aliphatic heterocycles. The van der Waals surface area contributed by atoms with Gasteiger partial charge in [0.1, 0.15) is 18.3 Å². The molecule has 8 nitrogen and oxygen atoms in total. The van der Waals surface area contributed by atoms with Crippen molar-refractivity contribution in [3.05, 3.63) is 42.0 Å². The summed E-state index contributed by atoms with van der Waals surface area (Å²) in [7, 11) is 0.492. The summed E-state index contributed by atoms with van der Waals surface area (Å²) in [6.07, 6.45) is 7.72. The van der Waals surface area contributed by atoms with Crippen molar-refractivity contribution in [2.24, 2.45) is 5.73 Å². The number of rotatable bonds is 15. The van der Waals surface area contributed by atoms with E-state index in [1.54, 1.807) is 7.11 Å². The second-order valence-corrected chi connectivity index (χ2v) is 17.8. The molecule has 0 aliphatic carbocycles. The first-order valence-electron chi connectivity index (χ1n) is 14.8. The summed E-state index contributed by atoms with van der Waals surface area (Å²) < 4.78 is 25.9. The first-order valence-corrected chi connectivity index (χ1v) is 18.5. The summed E-state index contributed by atoms with van der Waals surface area (Å²) >= 11 is 0. The Balaban J connectivity index is 1.51. The van der Waals surface area contributed by atoms with E-state index in [0.717, 1.165) is 90.6 Å². The molecule has 4 rings (SSSR count). The van der Waals surface area contributed by atoms with E-state index in [0.29, 0.717) is 19.9 Å². The molecular formula is C31H48N4O4Si. The van der Waals surface area contributed by atoms with Crippen LogP contribution in [0.5, 0.6) is 5.75 Å². The predicted octanol–water partition coefficient (Wildman–Crippen LogP) is 6.83. The van der Waals surface area contributed by atoms with Crippen LogP contribution in [0.4, 0.5) is 0 Å². The van der Waals surface area contributed by atoms with Gasteiger partial charge in [-0.05, 0) is 44.4 Å². The lowest BCUT2D eigenvalue weighted by Gasteiger charge is -2.25. The van der Waals surface area contributed by atoms with E-state index in [2.05, 4.69) is 48.2 Å². The maximum absolute atomic E-state index is 6.77. The molecule has 0 amide bonds. The third-order valence-electron chi connectivity index (χ3n) is 7.79. The molecule has 0 spiro atoms. The van der Waals surface area contributed by atoms with E-state index in [1.165, 1.54) is 0 Å². The summed E-state index contributed by atoms with van der Waals surface area (Å²) in [6.45, 7) is 13.7. The zero-order chi connectivity index (χ0) is 28.8. The molecule has 3 heterocycles. The molecule has 0 saturated carbocycles. The summed E-state index contributed by atoms with van der Waals surface area (Å²) in [5, 5.41) is 1.06. The molecule has 1 aliphatic rings. The van der Waals surface area contributed by atoms with Crippen molar-refractivity contribution < 1.29 is 18.9 Å². The van der Waals surface area contributed by atoms with Gasteiger partial charge in [-0.15, -0.1) is 0 Å². The standard InChI is InChI=1S/C31H48N4O4Si/c1-7-31(38-15-16-39-31)14-10-8-9-11-26(32)30-33-21-28(35(30)22-37-17-18-40(4,5)6)25-19-24-13-12-23(2)34-27(24)20-29(25)36-3/h12-13,19-21,26H,7-11,14-18,22,32H2,1-6H3/t26-/m0/s1. The molecule has 3 aromatic rings. The molecule has 1 fully saturated rings. The number of hydrogen-bond acceptors (Lipinski definition) is 7. The third-order valence-corrected chi connectivity index (χ3v) is 9.49. The lowest BCUT2D eigenvalue weighted by molar-refractivity contribution is -0.164. The highest BCUT2D eigenvalue weighted by atomic mass is 28.3. The van der Waals surface area contributed by atoms with Gasteiger partial charge >= 0.3 is 0 Å². The molecule has 0 bridgehead atoms.